The maximum Gasteiger partial charge on any atom is 0.195 e. The highest BCUT2D eigenvalue weighted by molar-refractivity contribution is 9.10. The zero-order valence-corrected chi connectivity index (χ0v) is 16.4. The third-order valence-corrected chi connectivity index (χ3v) is 5.32. The molecule has 1 aromatic carbocycles. The van der Waals surface area contributed by atoms with Gasteiger partial charge in [-0.15, -0.1) is 11.3 Å². The Bertz CT molecular complexity index is 863. The lowest BCUT2D eigenvalue weighted by molar-refractivity contribution is 0.105. The molecule has 6 heteroatoms. The highest BCUT2D eigenvalue weighted by Gasteiger charge is 2.06. The van der Waals surface area contributed by atoms with Crippen LogP contribution >= 0.6 is 43.2 Å². The molecule has 0 unspecified atom stereocenters. The molecule has 122 valence electrons. The summed E-state index contributed by atoms with van der Waals surface area (Å²) in [5.41, 5.74) is 0. The minimum absolute atomic E-state index is 0.0465. The highest BCUT2D eigenvalue weighted by Crippen LogP contribution is 2.21. The van der Waals surface area contributed by atoms with Gasteiger partial charge in [0.05, 0.1) is 4.88 Å². The van der Waals surface area contributed by atoms with E-state index in [0.717, 1.165) is 14.7 Å². The lowest BCUT2D eigenvalue weighted by Crippen LogP contribution is -1.93. The maximum absolute atomic E-state index is 12.0. The fourth-order valence-electron chi connectivity index (χ4n) is 1.93. The van der Waals surface area contributed by atoms with E-state index in [1.54, 1.807) is 12.1 Å². The van der Waals surface area contributed by atoms with Crippen LogP contribution < -0.4 is 4.74 Å². The van der Waals surface area contributed by atoms with Gasteiger partial charge in [0.25, 0.3) is 0 Å². The summed E-state index contributed by atoms with van der Waals surface area (Å²) in [7, 11) is 0. The van der Waals surface area contributed by atoms with Gasteiger partial charge in [-0.3, -0.25) is 4.79 Å². The number of carbonyl (C=O) groups is 1. The summed E-state index contributed by atoms with van der Waals surface area (Å²) in [6.07, 6.45) is 3.18. The lowest BCUT2D eigenvalue weighted by atomic mass is 10.3. The minimum atomic E-state index is -0.0465. The standard InChI is InChI=1S/C18H12Br2O3S/c19-12-1-3-14(4-2-12)22-10-16-6-5-15(23-16)7-8-17(21)18-9-13(20)11-24-18/h1-9,11H,10H2/b8-7+. The monoisotopic (exact) mass is 466 g/mol. The van der Waals surface area contributed by atoms with Crippen molar-refractivity contribution in [3.8, 4) is 5.75 Å². The largest absolute Gasteiger partial charge is 0.486 e. The molecule has 3 rings (SSSR count). The van der Waals surface area contributed by atoms with Gasteiger partial charge in [0.2, 0.25) is 0 Å². The van der Waals surface area contributed by atoms with Crippen molar-refractivity contribution in [3.63, 3.8) is 0 Å². The first-order valence-electron chi connectivity index (χ1n) is 7.04. The number of hydrogen-bond acceptors (Lipinski definition) is 4. The van der Waals surface area contributed by atoms with Crippen molar-refractivity contribution >= 4 is 55.1 Å². The van der Waals surface area contributed by atoms with E-state index < -0.39 is 0 Å². The van der Waals surface area contributed by atoms with Crippen LogP contribution in [0.15, 0.2) is 67.3 Å². The zero-order valence-electron chi connectivity index (χ0n) is 12.4. The number of allylic oxidation sites excluding steroid dienone is 1. The Morgan fingerprint density at radius 1 is 1.12 bits per heavy atom. The molecule has 0 aliphatic rings. The molecule has 2 aromatic heterocycles. The van der Waals surface area contributed by atoms with Crippen molar-refractivity contribution in [3.05, 3.63) is 79.3 Å². The molecular formula is C18H12Br2O3S. The molecule has 3 nitrogen and oxygen atoms in total. The second-order valence-electron chi connectivity index (χ2n) is 4.87. The fourth-order valence-corrected chi connectivity index (χ4v) is 3.54. The number of hydrogen-bond donors (Lipinski definition) is 0. The van der Waals surface area contributed by atoms with Crippen LogP contribution in [0.5, 0.6) is 5.75 Å². The Labute approximate surface area is 160 Å². The average molecular weight is 468 g/mol. The topological polar surface area (TPSA) is 39.4 Å². The first kappa shape index (κ1) is 17.2. The van der Waals surface area contributed by atoms with Crippen molar-refractivity contribution in [2.45, 2.75) is 6.61 Å². The van der Waals surface area contributed by atoms with Crippen LogP contribution in [0.4, 0.5) is 0 Å². The molecule has 24 heavy (non-hydrogen) atoms. The number of thiophene rings is 1. The average Bonchev–Trinajstić information content (AvgIpc) is 3.21. The summed E-state index contributed by atoms with van der Waals surface area (Å²) in [4.78, 5) is 12.7. The van der Waals surface area contributed by atoms with Crippen molar-refractivity contribution < 1.29 is 13.9 Å². The van der Waals surface area contributed by atoms with Crippen LogP contribution in [0, 0.1) is 0 Å². The number of carbonyl (C=O) groups excluding carboxylic acids is 1. The van der Waals surface area contributed by atoms with Crippen molar-refractivity contribution in [1.29, 1.82) is 0 Å². The van der Waals surface area contributed by atoms with Gasteiger partial charge >= 0.3 is 0 Å². The van der Waals surface area contributed by atoms with E-state index in [1.165, 1.54) is 17.4 Å². The van der Waals surface area contributed by atoms with Crippen molar-refractivity contribution in [2.24, 2.45) is 0 Å². The third kappa shape index (κ3) is 4.69. The second-order valence-corrected chi connectivity index (χ2v) is 7.62. The zero-order chi connectivity index (χ0) is 16.9. The van der Waals surface area contributed by atoms with Gasteiger partial charge in [-0.25, -0.2) is 0 Å². The first-order valence-corrected chi connectivity index (χ1v) is 9.50. The quantitative estimate of drug-likeness (QED) is 0.313. The molecule has 0 saturated heterocycles. The molecule has 0 radical (unpaired) electrons. The first-order chi connectivity index (χ1) is 11.6. The minimum Gasteiger partial charge on any atom is -0.486 e. The van der Waals surface area contributed by atoms with E-state index >= 15 is 0 Å². The molecule has 0 fully saturated rings. The van der Waals surface area contributed by atoms with Gasteiger partial charge in [0, 0.05) is 14.3 Å². The second kappa shape index (κ2) is 7.96. The number of furan rings is 1. The SMILES string of the molecule is O=C(/C=C/c1ccc(COc2ccc(Br)cc2)o1)c1cc(Br)cs1. The smallest absolute Gasteiger partial charge is 0.195 e. The van der Waals surface area contributed by atoms with Gasteiger partial charge < -0.3 is 9.15 Å². The van der Waals surface area contributed by atoms with E-state index in [0.29, 0.717) is 23.0 Å². The molecule has 0 bridgehead atoms. The fraction of sp³-hybridized carbons (Fsp3) is 0.0556. The van der Waals surface area contributed by atoms with Crippen LogP contribution in [0.25, 0.3) is 6.08 Å². The maximum atomic E-state index is 12.0. The van der Waals surface area contributed by atoms with E-state index in [1.807, 2.05) is 41.8 Å². The number of halogens is 2. The molecule has 0 amide bonds. The summed E-state index contributed by atoms with van der Waals surface area (Å²) >= 11 is 8.12. The molecule has 0 aliphatic heterocycles. The predicted molar refractivity (Wildman–Crippen MR) is 103 cm³/mol. The van der Waals surface area contributed by atoms with Gasteiger partial charge in [-0.05, 0) is 70.5 Å². The molecule has 0 saturated carbocycles. The number of benzene rings is 1. The van der Waals surface area contributed by atoms with Crippen LogP contribution in [0.3, 0.4) is 0 Å². The molecule has 3 aromatic rings. The Hall–Kier alpha value is -1.63. The summed E-state index contributed by atoms with van der Waals surface area (Å²) in [5.74, 6) is 2.04. The van der Waals surface area contributed by atoms with E-state index in [9.17, 15) is 4.79 Å². The van der Waals surface area contributed by atoms with Crippen molar-refractivity contribution in [2.75, 3.05) is 0 Å². The van der Waals surface area contributed by atoms with Crippen LogP contribution in [0.2, 0.25) is 0 Å². The van der Waals surface area contributed by atoms with E-state index in [4.69, 9.17) is 9.15 Å². The molecule has 0 spiro atoms. The molecule has 2 heterocycles. The van der Waals surface area contributed by atoms with Crippen LogP contribution in [0.1, 0.15) is 21.2 Å². The van der Waals surface area contributed by atoms with Gasteiger partial charge in [-0.2, -0.15) is 0 Å². The van der Waals surface area contributed by atoms with Crippen LogP contribution in [-0.2, 0) is 6.61 Å². The normalized spacial score (nSPS) is 11.1. The summed E-state index contributed by atoms with van der Waals surface area (Å²) < 4.78 is 13.2. The third-order valence-electron chi connectivity index (χ3n) is 3.09. The van der Waals surface area contributed by atoms with Gasteiger partial charge in [0.15, 0.2) is 5.78 Å². The number of rotatable bonds is 6. The van der Waals surface area contributed by atoms with Crippen molar-refractivity contribution in [1.82, 2.24) is 0 Å². The predicted octanol–water partition coefficient (Wildman–Crippen LogP) is 6.34. The summed E-state index contributed by atoms with van der Waals surface area (Å²) in [5, 5.41) is 1.88. The Balaban J connectivity index is 1.58. The van der Waals surface area contributed by atoms with E-state index in [-0.39, 0.29) is 5.78 Å². The van der Waals surface area contributed by atoms with E-state index in [2.05, 4.69) is 31.9 Å². The Kier molecular flexibility index (Phi) is 5.71. The lowest BCUT2D eigenvalue weighted by Gasteiger charge is -2.03. The number of ketones is 1. The number of ether oxygens (including phenoxy) is 1. The Morgan fingerprint density at radius 2 is 1.92 bits per heavy atom. The summed E-state index contributed by atoms with van der Waals surface area (Å²) in [6, 6.07) is 13.0. The highest BCUT2D eigenvalue weighted by atomic mass is 79.9. The van der Waals surface area contributed by atoms with Gasteiger partial charge in [0.1, 0.15) is 23.9 Å². The molecule has 0 aliphatic carbocycles. The molecule has 0 N–H and O–H groups in total. The Morgan fingerprint density at radius 3 is 2.62 bits per heavy atom. The molecular weight excluding hydrogens is 456 g/mol. The van der Waals surface area contributed by atoms with Gasteiger partial charge in [-0.1, -0.05) is 15.9 Å². The molecule has 0 atom stereocenters. The van der Waals surface area contributed by atoms with Crippen LogP contribution in [-0.4, -0.2) is 5.78 Å². The summed E-state index contributed by atoms with van der Waals surface area (Å²) in [6.45, 7) is 0.335.